The smallest absolute Gasteiger partial charge is 0.252 e. The van der Waals surface area contributed by atoms with Crippen molar-refractivity contribution in [3.63, 3.8) is 0 Å². The highest BCUT2D eigenvalue weighted by molar-refractivity contribution is 5.89. The minimum Gasteiger partial charge on any atom is -0.364 e. The number of rotatable bonds is 4. The number of pyridine rings is 2. The van der Waals surface area contributed by atoms with Crippen molar-refractivity contribution in [2.75, 3.05) is 18.0 Å². The average molecular weight is 452 g/mol. The van der Waals surface area contributed by atoms with E-state index in [0.717, 1.165) is 17.7 Å². The normalized spacial score (nSPS) is 20.1. The second kappa shape index (κ2) is 8.91. The Hall–Kier alpha value is -3.31. The summed E-state index contributed by atoms with van der Waals surface area (Å²) in [7, 11) is 1.70. The van der Waals surface area contributed by atoms with Gasteiger partial charge in [0.25, 0.3) is 5.56 Å². The van der Waals surface area contributed by atoms with E-state index in [1.807, 2.05) is 6.92 Å². The Kier molecular flexibility index (Phi) is 6.17. The van der Waals surface area contributed by atoms with Crippen LogP contribution in [0.2, 0.25) is 0 Å². The van der Waals surface area contributed by atoms with E-state index in [-0.39, 0.29) is 23.7 Å². The first-order valence-corrected chi connectivity index (χ1v) is 11.1. The summed E-state index contributed by atoms with van der Waals surface area (Å²) >= 11 is 0. The molecule has 6 nitrogen and oxygen atoms in total. The third kappa shape index (κ3) is 4.09. The van der Waals surface area contributed by atoms with Crippen molar-refractivity contribution >= 4 is 16.7 Å². The summed E-state index contributed by atoms with van der Waals surface area (Å²) in [6, 6.07) is 11.2. The fourth-order valence-electron chi connectivity index (χ4n) is 4.80. The van der Waals surface area contributed by atoms with Crippen LogP contribution in [-0.4, -0.2) is 39.6 Å². The zero-order chi connectivity index (χ0) is 23.9. The van der Waals surface area contributed by atoms with Gasteiger partial charge in [0.15, 0.2) is 11.6 Å². The van der Waals surface area contributed by atoms with Crippen LogP contribution in [-0.2, 0) is 7.05 Å². The van der Waals surface area contributed by atoms with Gasteiger partial charge in [-0.2, -0.15) is 5.26 Å². The summed E-state index contributed by atoms with van der Waals surface area (Å²) in [5, 5.41) is 9.35. The van der Waals surface area contributed by atoms with Gasteiger partial charge in [0, 0.05) is 44.3 Å². The number of hydrogen-bond donors (Lipinski definition) is 0. The van der Waals surface area contributed by atoms with E-state index >= 15 is 0 Å². The molecule has 1 aromatic carbocycles. The molecule has 0 N–H and O–H groups in total. The molecule has 8 heteroatoms. The van der Waals surface area contributed by atoms with Gasteiger partial charge in [-0.25, -0.2) is 13.8 Å². The van der Waals surface area contributed by atoms with Crippen molar-refractivity contribution in [1.29, 1.82) is 5.26 Å². The fourth-order valence-corrected chi connectivity index (χ4v) is 4.80. The summed E-state index contributed by atoms with van der Waals surface area (Å²) in [5.74, 6) is -1.69. The third-order valence-electron chi connectivity index (χ3n) is 6.78. The number of benzene rings is 1. The first-order valence-electron chi connectivity index (χ1n) is 11.1. The standard InChI is InChI=1S/C25H27F2N5O/c1-5-19-14-31(16(3)17-6-8-20(26)21(27)10-17)15(2)13-32(19)23-11-24(33)30(4)22-9-7-18(12-28)29-25(22)23/h6-11,15-16,19H,5,13-14H2,1-4H3/t15-,16?,19+/m1/s1. The van der Waals surface area contributed by atoms with E-state index in [2.05, 4.69) is 34.7 Å². The van der Waals surface area contributed by atoms with Crippen LogP contribution >= 0.6 is 0 Å². The molecule has 1 aliphatic rings. The first kappa shape index (κ1) is 22.9. The van der Waals surface area contributed by atoms with Gasteiger partial charge in [-0.15, -0.1) is 0 Å². The van der Waals surface area contributed by atoms with E-state index in [9.17, 15) is 18.8 Å². The van der Waals surface area contributed by atoms with Crippen LogP contribution in [0.5, 0.6) is 0 Å². The van der Waals surface area contributed by atoms with Crippen LogP contribution in [0.25, 0.3) is 11.0 Å². The van der Waals surface area contributed by atoms with Crippen molar-refractivity contribution < 1.29 is 8.78 Å². The number of aryl methyl sites for hydroxylation is 1. The average Bonchev–Trinajstić information content (AvgIpc) is 2.82. The maximum absolute atomic E-state index is 13.8. The lowest BCUT2D eigenvalue weighted by Crippen LogP contribution is -2.58. The predicted molar refractivity (Wildman–Crippen MR) is 124 cm³/mol. The van der Waals surface area contributed by atoms with Crippen LogP contribution in [0.15, 0.2) is 41.2 Å². The number of hydrogen-bond acceptors (Lipinski definition) is 5. The third-order valence-corrected chi connectivity index (χ3v) is 6.78. The van der Waals surface area contributed by atoms with Crippen LogP contribution in [0.1, 0.15) is 44.5 Å². The molecule has 0 spiro atoms. The van der Waals surface area contributed by atoms with Crippen molar-refractivity contribution in [2.24, 2.45) is 7.05 Å². The Morgan fingerprint density at radius 2 is 1.94 bits per heavy atom. The Morgan fingerprint density at radius 3 is 2.61 bits per heavy atom. The quantitative estimate of drug-likeness (QED) is 0.597. The zero-order valence-corrected chi connectivity index (χ0v) is 19.2. The monoisotopic (exact) mass is 451 g/mol. The maximum Gasteiger partial charge on any atom is 0.252 e. The van der Waals surface area contributed by atoms with Crippen LogP contribution in [0, 0.1) is 23.0 Å². The molecule has 3 aromatic rings. The van der Waals surface area contributed by atoms with Crippen molar-refractivity contribution in [3.05, 3.63) is 69.6 Å². The largest absolute Gasteiger partial charge is 0.364 e. The fraction of sp³-hybridized carbons (Fsp3) is 0.400. The molecule has 1 saturated heterocycles. The summed E-state index contributed by atoms with van der Waals surface area (Å²) < 4.78 is 28.8. The molecule has 3 atom stereocenters. The molecule has 1 aliphatic heterocycles. The van der Waals surface area contributed by atoms with Crippen LogP contribution in [0.3, 0.4) is 0 Å². The molecule has 0 bridgehead atoms. The molecule has 172 valence electrons. The van der Waals surface area contributed by atoms with E-state index in [1.54, 1.807) is 35.9 Å². The number of nitriles is 1. The number of nitrogens with zero attached hydrogens (tertiary/aromatic N) is 5. The Morgan fingerprint density at radius 1 is 1.18 bits per heavy atom. The highest BCUT2D eigenvalue weighted by atomic mass is 19.2. The molecular formula is C25H27F2N5O. The highest BCUT2D eigenvalue weighted by Crippen LogP contribution is 2.33. The Labute approximate surface area is 191 Å². The number of fused-ring (bicyclic) bond motifs is 1. The lowest BCUT2D eigenvalue weighted by molar-refractivity contribution is 0.114. The predicted octanol–water partition coefficient (Wildman–Crippen LogP) is 4.13. The Balaban J connectivity index is 1.72. The molecule has 1 fully saturated rings. The molecule has 33 heavy (non-hydrogen) atoms. The summed E-state index contributed by atoms with van der Waals surface area (Å²) in [5.41, 5.74) is 2.92. The molecular weight excluding hydrogens is 424 g/mol. The number of halogens is 2. The van der Waals surface area contributed by atoms with Crippen molar-refractivity contribution in [2.45, 2.75) is 45.3 Å². The van der Waals surface area contributed by atoms with Gasteiger partial charge in [-0.05, 0) is 50.1 Å². The minimum absolute atomic E-state index is 0.0779. The second-order valence-electron chi connectivity index (χ2n) is 8.71. The van der Waals surface area contributed by atoms with Crippen LogP contribution in [0.4, 0.5) is 14.5 Å². The van der Waals surface area contributed by atoms with Gasteiger partial charge in [0.1, 0.15) is 17.3 Å². The Bertz CT molecular complexity index is 1300. The summed E-state index contributed by atoms with van der Waals surface area (Å²) in [6.07, 6.45) is 0.822. The number of piperazine rings is 1. The first-order chi connectivity index (χ1) is 15.7. The lowest BCUT2D eigenvalue weighted by Gasteiger charge is -2.48. The molecule has 0 radical (unpaired) electrons. The SMILES string of the molecule is CC[C@H]1CN(C(C)c2ccc(F)c(F)c2)[C@H](C)CN1c1cc(=O)n(C)c2ccc(C#N)nc12. The van der Waals surface area contributed by atoms with E-state index in [1.165, 1.54) is 12.1 Å². The van der Waals surface area contributed by atoms with Crippen molar-refractivity contribution in [1.82, 2.24) is 14.5 Å². The number of aromatic nitrogens is 2. The van der Waals surface area contributed by atoms with Gasteiger partial charge in [-0.3, -0.25) is 9.69 Å². The highest BCUT2D eigenvalue weighted by Gasteiger charge is 2.35. The van der Waals surface area contributed by atoms with Crippen molar-refractivity contribution in [3.8, 4) is 6.07 Å². The van der Waals surface area contributed by atoms with Gasteiger partial charge >= 0.3 is 0 Å². The summed E-state index contributed by atoms with van der Waals surface area (Å²) in [6.45, 7) is 7.50. The second-order valence-corrected chi connectivity index (χ2v) is 8.71. The van der Waals surface area contributed by atoms with E-state index in [4.69, 9.17) is 0 Å². The van der Waals surface area contributed by atoms with Crippen LogP contribution < -0.4 is 10.5 Å². The summed E-state index contributed by atoms with van der Waals surface area (Å²) in [4.78, 5) is 21.7. The maximum atomic E-state index is 13.8. The lowest BCUT2D eigenvalue weighted by atomic mass is 9.98. The van der Waals surface area contributed by atoms with Gasteiger partial charge in [0.2, 0.25) is 0 Å². The van der Waals surface area contributed by atoms with E-state index in [0.29, 0.717) is 29.8 Å². The molecule has 0 aliphatic carbocycles. The molecule has 3 heterocycles. The molecule has 0 saturated carbocycles. The zero-order valence-electron chi connectivity index (χ0n) is 19.2. The topological polar surface area (TPSA) is 65.2 Å². The molecule has 4 rings (SSSR count). The molecule has 2 aromatic heterocycles. The molecule has 0 amide bonds. The van der Waals surface area contributed by atoms with Gasteiger partial charge in [0.05, 0.1) is 11.2 Å². The van der Waals surface area contributed by atoms with Gasteiger partial charge in [-0.1, -0.05) is 13.0 Å². The number of anilines is 1. The van der Waals surface area contributed by atoms with Gasteiger partial charge < -0.3 is 9.47 Å². The van der Waals surface area contributed by atoms with E-state index < -0.39 is 11.6 Å². The molecule has 1 unspecified atom stereocenters. The minimum atomic E-state index is -0.850.